The first-order valence-electron chi connectivity index (χ1n) is 9.97. The third-order valence-electron chi connectivity index (χ3n) is 5.92. The topological polar surface area (TPSA) is 29.5 Å². The van der Waals surface area contributed by atoms with E-state index in [4.69, 9.17) is 4.74 Å². The van der Waals surface area contributed by atoms with E-state index in [-0.39, 0.29) is 5.41 Å². The minimum absolute atomic E-state index is 0.201. The summed E-state index contributed by atoms with van der Waals surface area (Å²) in [6, 6.07) is 23.0. The molecule has 0 bridgehead atoms. The van der Waals surface area contributed by atoms with Crippen LogP contribution in [0.15, 0.2) is 66.7 Å². The monoisotopic (exact) mass is 380 g/mol. The molecule has 0 amide bonds. The van der Waals surface area contributed by atoms with E-state index in [1.54, 1.807) is 7.11 Å². The van der Waals surface area contributed by atoms with Crippen LogP contribution in [0.5, 0.6) is 11.5 Å². The van der Waals surface area contributed by atoms with Gasteiger partial charge in [0.25, 0.3) is 0 Å². The molecular formula is C27H24O2. The fourth-order valence-electron chi connectivity index (χ4n) is 4.69. The Labute approximate surface area is 170 Å². The van der Waals surface area contributed by atoms with Crippen LogP contribution in [-0.2, 0) is 5.41 Å². The maximum absolute atomic E-state index is 11.5. The van der Waals surface area contributed by atoms with E-state index in [9.17, 15) is 5.11 Å². The molecule has 2 heteroatoms. The van der Waals surface area contributed by atoms with E-state index in [1.165, 1.54) is 21.5 Å². The van der Waals surface area contributed by atoms with Gasteiger partial charge in [-0.25, -0.2) is 0 Å². The van der Waals surface area contributed by atoms with Crippen molar-refractivity contribution in [1.82, 2.24) is 0 Å². The predicted octanol–water partition coefficient (Wildman–Crippen LogP) is 7.26. The molecule has 0 aromatic heterocycles. The summed E-state index contributed by atoms with van der Waals surface area (Å²) in [6.45, 7) is 6.49. The molecule has 0 unspecified atom stereocenters. The molecule has 0 saturated heterocycles. The zero-order valence-corrected chi connectivity index (χ0v) is 17.2. The van der Waals surface area contributed by atoms with E-state index in [0.717, 1.165) is 33.2 Å². The van der Waals surface area contributed by atoms with Crippen molar-refractivity contribution in [2.45, 2.75) is 26.2 Å². The molecule has 2 nitrogen and oxygen atoms in total. The van der Waals surface area contributed by atoms with Crippen molar-refractivity contribution in [1.29, 1.82) is 0 Å². The third-order valence-corrected chi connectivity index (χ3v) is 5.92. The van der Waals surface area contributed by atoms with Crippen LogP contribution in [0.1, 0.15) is 26.3 Å². The van der Waals surface area contributed by atoms with E-state index < -0.39 is 0 Å². The highest BCUT2D eigenvalue weighted by atomic mass is 16.5. The van der Waals surface area contributed by atoms with Crippen molar-refractivity contribution in [2.75, 3.05) is 7.11 Å². The SMILES string of the molecule is COc1ccc(-c2c(O)c(C(C)(C)C)c3ccc4cccc5ccc2c3c54)cc1. The summed E-state index contributed by atoms with van der Waals surface area (Å²) in [4.78, 5) is 0. The Morgan fingerprint density at radius 1 is 0.724 bits per heavy atom. The summed E-state index contributed by atoms with van der Waals surface area (Å²) in [5.41, 5.74) is 2.68. The Hall–Kier alpha value is -3.26. The quantitative estimate of drug-likeness (QED) is 0.326. The summed E-state index contributed by atoms with van der Waals surface area (Å²) < 4.78 is 5.33. The lowest BCUT2D eigenvalue weighted by molar-refractivity contribution is 0.415. The zero-order valence-electron chi connectivity index (χ0n) is 17.2. The first-order valence-corrected chi connectivity index (χ1v) is 9.97. The largest absolute Gasteiger partial charge is 0.507 e. The predicted molar refractivity (Wildman–Crippen MR) is 122 cm³/mol. The van der Waals surface area contributed by atoms with Gasteiger partial charge in [-0.15, -0.1) is 0 Å². The minimum atomic E-state index is -0.201. The van der Waals surface area contributed by atoms with Crippen LogP contribution >= 0.6 is 0 Å². The standard InChI is InChI=1S/C27H24O2/c1-27(2,3)25-21-15-11-17-7-5-6-16-10-14-20(24(21)22(16)17)23(26(25)28)18-8-12-19(29-4)13-9-18/h5-15,28H,1-4H3. The second-order valence-corrected chi connectivity index (χ2v) is 8.76. The molecular weight excluding hydrogens is 356 g/mol. The van der Waals surface area contributed by atoms with Gasteiger partial charge in [-0.05, 0) is 55.4 Å². The molecule has 0 aliphatic heterocycles. The lowest BCUT2D eigenvalue weighted by atomic mass is 9.78. The average molecular weight is 380 g/mol. The van der Waals surface area contributed by atoms with Crippen LogP contribution in [-0.4, -0.2) is 12.2 Å². The van der Waals surface area contributed by atoms with Crippen LogP contribution in [0.2, 0.25) is 0 Å². The maximum Gasteiger partial charge on any atom is 0.128 e. The van der Waals surface area contributed by atoms with Crippen LogP contribution in [0.25, 0.3) is 43.4 Å². The molecule has 144 valence electrons. The highest BCUT2D eigenvalue weighted by molar-refractivity contribution is 6.27. The van der Waals surface area contributed by atoms with Crippen molar-refractivity contribution in [3.8, 4) is 22.6 Å². The molecule has 0 fully saturated rings. The molecule has 5 rings (SSSR count). The number of phenols is 1. The van der Waals surface area contributed by atoms with Gasteiger partial charge in [-0.2, -0.15) is 0 Å². The number of phenolic OH excluding ortho intramolecular Hbond substituents is 1. The number of rotatable bonds is 2. The number of hydrogen-bond acceptors (Lipinski definition) is 2. The van der Waals surface area contributed by atoms with E-state index in [1.807, 2.05) is 24.3 Å². The van der Waals surface area contributed by atoms with E-state index in [0.29, 0.717) is 5.75 Å². The molecule has 0 heterocycles. The lowest BCUT2D eigenvalue weighted by Gasteiger charge is -2.27. The molecule has 29 heavy (non-hydrogen) atoms. The van der Waals surface area contributed by atoms with Gasteiger partial charge < -0.3 is 9.84 Å². The molecule has 0 atom stereocenters. The second kappa shape index (κ2) is 6.12. The first kappa shape index (κ1) is 17.8. The van der Waals surface area contributed by atoms with Gasteiger partial charge in [-0.1, -0.05) is 75.4 Å². The van der Waals surface area contributed by atoms with Crippen molar-refractivity contribution >= 4 is 32.3 Å². The lowest BCUT2D eigenvalue weighted by Crippen LogP contribution is -2.13. The van der Waals surface area contributed by atoms with Crippen molar-refractivity contribution in [3.63, 3.8) is 0 Å². The van der Waals surface area contributed by atoms with Crippen LogP contribution in [0, 0.1) is 0 Å². The number of benzene rings is 5. The van der Waals surface area contributed by atoms with Crippen molar-refractivity contribution in [3.05, 3.63) is 72.3 Å². The average Bonchev–Trinajstić information content (AvgIpc) is 2.71. The van der Waals surface area contributed by atoms with Crippen molar-refractivity contribution < 1.29 is 9.84 Å². The van der Waals surface area contributed by atoms with E-state index >= 15 is 0 Å². The van der Waals surface area contributed by atoms with Gasteiger partial charge >= 0.3 is 0 Å². The summed E-state index contributed by atoms with van der Waals surface area (Å²) in [6.07, 6.45) is 0. The third kappa shape index (κ3) is 2.56. The smallest absolute Gasteiger partial charge is 0.128 e. The Morgan fingerprint density at radius 2 is 1.34 bits per heavy atom. The number of aromatic hydroxyl groups is 1. The highest BCUT2D eigenvalue weighted by Crippen LogP contribution is 2.49. The Morgan fingerprint density at radius 3 is 1.93 bits per heavy atom. The van der Waals surface area contributed by atoms with Gasteiger partial charge in [-0.3, -0.25) is 0 Å². The molecule has 5 aromatic rings. The van der Waals surface area contributed by atoms with Crippen LogP contribution in [0.3, 0.4) is 0 Å². The fraction of sp³-hybridized carbons (Fsp3) is 0.185. The summed E-state index contributed by atoms with van der Waals surface area (Å²) in [5.74, 6) is 1.18. The summed E-state index contributed by atoms with van der Waals surface area (Å²) in [7, 11) is 1.67. The van der Waals surface area contributed by atoms with Gasteiger partial charge in [0.05, 0.1) is 7.11 Å². The van der Waals surface area contributed by atoms with Crippen LogP contribution in [0.4, 0.5) is 0 Å². The fourth-order valence-corrected chi connectivity index (χ4v) is 4.69. The number of hydrogen-bond donors (Lipinski definition) is 1. The first-order chi connectivity index (χ1) is 13.9. The summed E-state index contributed by atoms with van der Waals surface area (Å²) in [5, 5.41) is 18.7. The molecule has 5 aromatic carbocycles. The van der Waals surface area contributed by atoms with Gasteiger partial charge in [0.2, 0.25) is 0 Å². The van der Waals surface area contributed by atoms with Gasteiger partial charge in [0.15, 0.2) is 0 Å². The molecule has 0 aliphatic carbocycles. The molecule has 1 N–H and O–H groups in total. The van der Waals surface area contributed by atoms with E-state index in [2.05, 4.69) is 63.2 Å². The highest BCUT2D eigenvalue weighted by Gasteiger charge is 2.27. The van der Waals surface area contributed by atoms with Gasteiger partial charge in [0, 0.05) is 11.1 Å². The zero-order chi connectivity index (χ0) is 20.3. The minimum Gasteiger partial charge on any atom is -0.507 e. The van der Waals surface area contributed by atoms with Gasteiger partial charge in [0.1, 0.15) is 11.5 Å². The molecule has 0 radical (unpaired) electrons. The second-order valence-electron chi connectivity index (χ2n) is 8.76. The Bertz CT molecular complexity index is 1340. The maximum atomic E-state index is 11.5. The summed E-state index contributed by atoms with van der Waals surface area (Å²) >= 11 is 0. The van der Waals surface area contributed by atoms with Crippen molar-refractivity contribution in [2.24, 2.45) is 0 Å². The Kier molecular flexibility index (Phi) is 3.76. The molecule has 0 aliphatic rings. The number of methoxy groups -OCH3 is 1. The molecule has 0 spiro atoms. The van der Waals surface area contributed by atoms with Crippen LogP contribution < -0.4 is 4.74 Å². The molecule has 0 saturated carbocycles. The number of ether oxygens (including phenoxy) is 1. The normalized spacial score (nSPS) is 12.3. The Balaban J connectivity index is 2.02.